The van der Waals surface area contributed by atoms with Crippen molar-refractivity contribution in [3.8, 4) is 0 Å². The first-order valence-corrected chi connectivity index (χ1v) is 12.5. The largest absolute Gasteiger partial charge is 0.345 e. The molecule has 5 rings (SSSR count). The summed E-state index contributed by atoms with van der Waals surface area (Å²) in [5.41, 5.74) is 5.19. The number of aromatic nitrogens is 4. The standard InChI is InChI=1S/C28H32N6O2/c1-18(2)23-9-6-12-33-26(35)13-24(32-27(23)33)28(36)30-16-22-17-34-19(3)21(10-11-25(34)31-22)15-29-14-20-7-4-5-8-20/h4-7,10-13,17-18,23,29H,8-9,14-16H2,1-3H3,(H,30,36). The highest BCUT2D eigenvalue weighted by Crippen LogP contribution is 2.29. The van der Waals surface area contributed by atoms with Crippen LogP contribution >= 0.6 is 0 Å². The van der Waals surface area contributed by atoms with Crippen molar-refractivity contribution < 1.29 is 4.79 Å². The highest BCUT2D eigenvalue weighted by Gasteiger charge is 2.25. The van der Waals surface area contributed by atoms with Crippen LogP contribution in [-0.4, -0.2) is 31.4 Å². The molecule has 0 saturated heterocycles. The number of aryl methyl sites for hydroxylation is 1. The molecule has 4 heterocycles. The smallest absolute Gasteiger partial charge is 0.270 e. The van der Waals surface area contributed by atoms with Crippen LogP contribution in [0.3, 0.4) is 0 Å². The van der Waals surface area contributed by atoms with Crippen LogP contribution in [0.1, 0.15) is 65.9 Å². The van der Waals surface area contributed by atoms with Crippen LogP contribution < -0.4 is 16.2 Å². The van der Waals surface area contributed by atoms with E-state index >= 15 is 0 Å². The fourth-order valence-electron chi connectivity index (χ4n) is 4.82. The molecular weight excluding hydrogens is 452 g/mol. The van der Waals surface area contributed by atoms with Gasteiger partial charge in [0.2, 0.25) is 0 Å². The normalized spacial score (nSPS) is 16.6. The average molecular weight is 485 g/mol. The molecule has 0 radical (unpaired) electrons. The quantitative estimate of drug-likeness (QED) is 0.508. The number of rotatable bonds is 8. The Bertz CT molecular complexity index is 1460. The lowest BCUT2D eigenvalue weighted by molar-refractivity contribution is 0.0944. The first-order chi connectivity index (χ1) is 17.4. The molecule has 36 heavy (non-hydrogen) atoms. The lowest BCUT2D eigenvalue weighted by atomic mass is 9.90. The summed E-state index contributed by atoms with van der Waals surface area (Å²) in [7, 11) is 0. The molecule has 186 valence electrons. The first-order valence-electron chi connectivity index (χ1n) is 12.5. The van der Waals surface area contributed by atoms with Gasteiger partial charge in [-0.2, -0.15) is 0 Å². The van der Waals surface area contributed by atoms with Crippen molar-refractivity contribution >= 4 is 17.8 Å². The molecule has 3 aromatic heterocycles. The zero-order chi connectivity index (χ0) is 25.2. The summed E-state index contributed by atoms with van der Waals surface area (Å²) in [5.74, 6) is 0.689. The van der Waals surface area contributed by atoms with Gasteiger partial charge in [-0.1, -0.05) is 49.8 Å². The van der Waals surface area contributed by atoms with Gasteiger partial charge in [-0.15, -0.1) is 0 Å². The van der Waals surface area contributed by atoms with Gasteiger partial charge in [0, 0.05) is 43.2 Å². The average Bonchev–Trinajstić information content (AvgIpc) is 3.54. The highest BCUT2D eigenvalue weighted by atomic mass is 16.2. The summed E-state index contributed by atoms with van der Waals surface area (Å²) in [6, 6.07) is 5.40. The van der Waals surface area contributed by atoms with Gasteiger partial charge in [-0.3, -0.25) is 14.2 Å². The molecule has 0 fully saturated rings. The van der Waals surface area contributed by atoms with Gasteiger partial charge >= 0.3 is 0 Å². The lowest BCUT2D eigenvalue weighted by Gasteiger charge is -2.24. The number of fused-ring (bicyclic) bond motifs is 2. The first kappa shape index (κ1) is 23.9. The number of imidazole rings is 1. The van der Waals surface area contributed by atoms with E-state index in [1.54, 1.807) is 10.8 Å². The van der Waals surface area contributed by atoms with Crippen LogP contribution in [0.2, 0.25) is 0 Å². The molecule has 0 bridgehead atoms. The van der Waals surface area contributed by atoms with Crippen LogP contribution in [0.4, 0.5) is 0 Å². The fourth-order valence-corrected chi connectivity index (χ4v) is 4.82. The molecule has 1 unspecified atom stereocenters. The second-order valence-electron chi connectivity index (χ2n) is 9.83. The molecule has 1 atom stereocenters. The second kappa shape index (κ2) is 10.1. The summed E-state index contributed by atoms with van der Waals surface area (Å²) in [6.45, 7) is 8.18. The maximum Gasteiger partial charge on any atom is 0.270 e. The Morgan fingerprint density at radius 3 is 2.81 bits per heavy atom. The van der Waals surface area contributed by atoms with Gasteiger partial charge in [0.25, 0.3) is 11.5 Å². The number of pyridine rings is 1. The SMILES string of the molecule is Cc1c(CNCC2=CC=CC2)ccc2nc(CNC(=O)c3cc(=O)n4c(n3)C(C(C)C)CC=C4)cn12. The number of hydrogen-bond donors (Lipinski definition) is 2. The van der Waals surface area contributed by atoms with E-state index in [1.165, 1.54) is 17.2 Å². The van der Waals surface area contributed by atoms with E-state index in [0.717, 1.165) is 43.0 Å². The number of allylic oxidation sites excluding steroid dienone is 4. The van der Waals surface area contributed by atoms with Crippen LogP contribution in [-0.2, 0) is 13.1 Å². The molecule has 1 aliphatic heterocycles. The van der Waals surface area contributed by atoms with Crippen molar-refractivity contribution in [1.82, 2.24) is 29.6 Å². The number of carbonyl (C=O) groups excluding carboxylic acids is 1. The molecule has 0 aromatic carbocycles. The third-order valence-corrected chi connectivity index (χ3v) is 6.98. The molecule has 1 aliphatic carbocycles. The fraction of sp³-hybridized carbons (Fsp3) is 0.357. The summed E-state index contributed by atoms with van der Waals surface area (Å²) >= 11 is 0. The summed E-state index contributed by atoms with van der Waals surface area (Å²) in [5, 5.41) is 6.40. The molecule has 2 N–H and O–H groups in total. The number of nitrogens with one attached hydrogen (secondary N) is 2. The number of nitrogens with zero attached hydrogens (tertiary/aromatic N) is 4. The van der Waals surface area contributed by atoms with E-state index < -0.39 is 0 Å². The predicted octanol–water partition coefficient (Wildman–Crippen LogP) is 3.72. The van der Waals surface area contributed by atoms with Gasteiger partial charge in [-0.05, 0) is 37.3 Å². The monoisotopic (exact) mass is 484 g/mol. The van der Waals surface area contributed by atoms with E-state index in [-0.39, 0.29) is 29.6 Å². The zero-order valence-corrected chi connectivity index (χ0v) is 21.0. The van der Waals surface area contributed by atoms with Gasteiger partial charge in [0.15, 0.2) is 0 Å². The highest BCUT2D eigenvalue weighted by molar-refractivity contribution is 5.92. The van der Waals surface area contributed by atoms with E-state index in [0.29, 0.717) is 11.7 Å². The Morgan fingerprint density at radius 1 is 1.17 bits per heavy atom. The molecule has 8 heteroatoms. The van der Waals surface area contributed by atoms with Crippen molar-refractivity contribution in [2.24, 2.45) is 5.92 Å². The Hall–Kier alpha value is -3.78. The van der Waals surface area contributed by atoms with Crippen LogP contribution in [0.15, 0.2) is 59.1 Å². The Morgan fingerprint density at radius 2 is 2.03 bits per heavy atom. The minimum absolute atomic E-state index is 0.104. The minimum atomic E-state index is -0.373. The number of amides is 1. The van der Waals surface area contributed by atoms with Crippen molar-refractivity contribution in [1.29, 1.82) is 0 Å². The lowest BCUT2D eigenvalue weighted by Crippen LogP contribution is -2.32. The van der Waals surface area contributed by atoms with Crippen molar-refractivity contribution in [2.45, 2.75) is 52.6 Å². The maximum absolute atomic E-state index is 12.9. The Balaban J connectivity index is 1.27. The topological polar surface area (TPSA) is 93.3 Å². The van der Waals surface area contributed by atoms with Gasteiger partial charge < -0.3 is 15.0 Å². The van der Waals surface area contributed by atoms with Crippen molar-refractivity contribution in [2.75, 3.05) is 6.54 Å². The van der Waals surface area contributed by atoms with Crippen LogP contribution in [0, 0.1) is 12.8 Å². The van der Waals surface area contributed by atoms with E-state index in [2.05, 4.69) is 70.1 Å². The third-order valence-electron chi connectivity index (χ3n) is 6.98. The van der Waals surface area contributed by atoms with Gasteiger partial charge in [0.1, 0.15) is 17.2 Å². The molecule has 8 nitrogen and oxygen atoms in total. The molecule has 3 aromatic rings. The molecule has 2 aliphatic rings. The summed E-state index contributed by atoms with van der Waals surface area (Å²) in [4.78, 5) is 34.8. The molecular formula is C28H32N6O2. The Kier molecular flexibility index (Phi) is 6.69. The van der Waals surface area contributed by atoms with E-state index in [9.17, 15) is 9.59 Å². The van der Waals surface area contributed by atoms with Gasteiger partial charge in [0.05, 0.1) is 12.2 Å². The number of hydrogen-bond acceptors (Lipinski definition) is 5. The van der Waals surface area contributed by atoms with E-state index in [4.69, 9.17) is 0 Å². The van der Waals surface area contributed by atoms with E-state index in [1.807, 2.05) is 18.3 Å². The molecule has 0 spiro atoms. The third kappa shape index (κ3) is 4.81. The molecule has 1 amide bonds. The van der Waals surface area contributed by atoms with Crippen molar-refractivity contribution in [3.63, 3.8) is 0 Å². The maximum atomic E-state index is 12.9. The van der Waals surface area contributed by atoms with Crippen molar-refractivity contribution in [3.05, 3.63) is 93.1 Å². The zero-order valence-electron chi connectivity index (χ0n) is 21.0. The second-order valence-corrected chi connectivity index (χ2v) is 9.83. The van der Waals surface area contributed by atoms with Crippen LogP contribution in [0.25, 0.3) is 11.8 Å². The summed E-state index contributed by atoms with van der Waals surface area (Å²) in [6.07, 6.45) is 13.9. The number of carbonyl (C=O) groups is 1. The summed E-state index contributed by atoms with van der Waals surface area (Å²) < 4.78 is 3.60. The molecule has 0 saturated carbocycles. The van der Waals surface area contributed by atoms with Gasteiger partial charge in [-0.25, -0.2) is 9.97 Å². The van der Waals surface area contributed by atoms with Crippen LogP contribution in [0.5, 0.6) is 0 Å². The predicted molar refractivity (Wildman–Crippen MR) is 141 cm³/mol. The minimum Gasteiger partial charge on any atom is -0.345 e. The Labute approximate surface area is 210 Å².